The summed E-state index contributed by atoms with van der Waals surface area (Å²) in [5.41, 5.74) is 4.57. The molecule has 1 amide bonds. The molecule has 0 spiro atoms. The van der Waals surface area contributed by atoms with Crippen molar-refractivity contribution in [2.45, 2.75) is 38.6 Å². The molecule has 0 saturated heterocycles. The second-order valence-corrected chi connectivity index (χ2v) is 9.23. The number of carbonyl (C=O) groups excluding carboxylic acids is 1. The topological polar surface area (TPSA) is 63.9 Å². The fourth-order valence-electron chi connectivity index (χ4n) is 4.73. The third-order valence-electron chi connectivity index (χ3n) is 6.79. The number of anilines is 1. The lowest BCUT2D eigenvalue weighted by Gasteiger charge is -2.19. The Bertz CT molecular complexity index is 1490. The van der Waals surface area contributed by atoms with Crippen LogP contribution in [0.3, 0.4) is 0 Å². The van der Waals surface area contributed by atoms with Crippen LogP contribution in [-0.2, 0) is 20.0 Å². The molecule has 2 aliphatic rings. The van der Waals surface area contributed by atoms with Crippen LogP contribution in [0.25, 0.3) is 22.5 Å². The molecule has 2 aromatic heterocycles. The number of hydrogen-bond donors (Lipinski definition) is 0. The smallest absolute Gasteiger partial charge is 0.260 e. The van der Waals surface area contributed by atoms with E-state index >= 15 is 4.39 Å². The van der Waals surface area contributed by atoms with Gasteiger partial charge in [0.25, 0.3) is 5.91 Å². The van der Waals surface area contributed by atoms with Gasteiger partial charge in [-0.05, 0) is 60.2 Å². The van der Waals surface area contributed by atoms with E-state index in [2.05, 4.69) is 17.1 Å². The van der Waals surface area contributed by atoms with Crippen molar-refractivity contribution in [3.63, 3.8) is 0 Å². The van der Waals surface area contributed by atoms with Crippen LogP contribution in [0.2, 0.25) is 0 Å². The average Bonchev–Trinajstić information content (AvgIpc) is 3.53. The maximum atomic E-state index is 15.4. The van der Waals surface area contributed by atoms with E-state index in [4.69, 9.17) is 4.98 Å². The van der Waals surface area contributed by atoms with Crippen LogP contribution in [0.4, 0.5) is 14.6 Å². The standard InChI is InChI=1S/C27H23F2N5O/c1-3-15-4-5-17-13-34(27(35)20(17)8-15)24-10-18(9-23(31-24)16-6-7-16)25-21(11-19(28)12-22(25)29)26-32-30-14-33(26)2/h4-5,8-12,14,16H,3,6-7,13H2,1-2H3. The summed E-state index contributed by atoms with van der Waals surface area (Å²) in [6.45, 7) is 2.46. The van der Waals surface area contributed by atoms with Crippen LogP contribution >= 0.6 is 0 Å². The predicted molar refractivity (Wildman–Crippen MR) is 128 cm³/mol. The Labute approximate surface area is 201 Å². The lowest BCUT2D eigenvalue weighted by Crippen LogP contribution is -2.24. The number of amides is 1. The molecule has 8 heteroatoms. The van der Waals surface area contributed by atoms with E-state index < -0.39 is 11.6 Å². The molecule has 0 N–H and O–H groups in total. The van der Waals surface area contributed by atoms with Crippen molar-refractivity contribution in [1.82, 2.24) is 19.7 Å². The van der Waals surface area contributed by atoms with Crippen LogP contribution in [0.15, 0.2) is 48.8 Å². The zero-order chi connectivity index (χ0) is 24.3. The number of carbonyl (C=O) groups is 1. The molecule has 35 heavy (non-hydrogen) atoms. The molecular weight excluding hydrogens is 448 g/mol. The monoisotopic (exact) mass is 471 g/mol. The van der Waals surface area contributed by atoms with Gasteiger partial charge in [-0.1, -0.05) is 19.1 Å². The molecule has 6 nitrogen and oxygen atoms in total. The number of aryl methyl sites for hydroxylation is 2. The molecule has 1 aliphatic heterocycles. The van der Waals surface area contributed by atoms with Gasteiger partial charge < -0.3 is 4.57 Å². The largest absolute Gasteiger partial charge is 0.317 e. The minimum absolute atomic E-state index is 0.116. The Morgan fingerprint density at radius 3 is 2.60 bits per heavy atom. The summed E-state index contributed by atoms with van der Waals surface area (Å²) in [4.78, 5) is 19.8. The minimum atomic E-state index is -0.703. The number of pyridine rings is 1. The third kappa shape index (κ3) is 3.69. The molecule has 4 aromatic rings. The van der Waals surface area contributed by atoms with Gasteiger partial charge in [-0.15, -0.1) is 10.2 Å². The van der Waals surface area contributed by atoms with Crippen molar-refractivity contribution in [2.24, 2.45) is 7.05 Å². The van der Waals surface area contributed by atoms with Crippen molar-refractivity contribution < 1.29 is 13.6 Å². The maximum Gasteiger partial charge on any atom is 0.260 e. The van der Waals surface area contributed by atoms with E-state index in [1.165, 1.54) is 12.4 Å². The second-order valence-electron chi connectivity index (χ2n) is 9.23. The van der Waals surface area contributed by atoms with Crippen LogP contribution in [-0.4, -0.2) is 25.7 Å². The summed E-state index contributed by atoms with van der Waals surface area (Å²) >= 11 is 0. The lowest BCUT2D eigenvalue weighted by atomic mass is 9.97. The summed E-state index contributed by atoms with van der Waals surface area (Å²) in [7, 11) is 1.72. The highest BCUT2D eigenvalue weighted by molar-refractivity contribution is 6.10. The van der Waals surface area contributed by atoms with Gasteiger partial charge in [0.1, 0.15) is 23.8 Å². The fourth-order valence-corrected chi connectivity index (χ4v) is 4.73. The van der Waals surface area contributed by atoms with E-state index in [-0.39, 0.29) is 17.4 Å². The number of rotatable bonds is 5. The molecule has 0 atom stereocenters. The Hall–Kier alpha value is -3.94. The molecule has 2 aromatic carbocycles. The van der Waals surface area contributed by atoms with E-state index in [9.17, 15) is 9.18 Å². The Balaban J connectivity index is 1.51. The highest BCUT2D eigenvalue weighted by Crippen LogP contribution is 2.43. The van der Waals surface area contributed by atoms with Crippen molar-refractivity contribution in [1.29, 1.82) is 0 Å². The summed E-state index contributed by atoms with van der Waals surface area (Å²) < 4.78 is 31.3. The van der Waals surface area contributed by atoms with Gasteiger partial charge in [-0.2, -0.15) is 0 Å². The minimum Gasteiger partial charge on any atom is -0.317 e. The molecule has 176 valence electrons. The fraction of sp³-hybridized carbons (Fsp3) is 0.259. The number of hydrogen-bond acceptors (Lipinski definition) is 4. The molecule has 0 radical (unpaired) electrons. The zero-order valence-electron chi connectivity index (χ0n) is 19.4. The van der Waals surface area contributed by atoms with Crippen molar-refractivity contribution in [3.8, 4) is 22.5 Å². The van der Waals surface area contributed by atoms with Gasteiger partial charge in [0.05, 0.1) is 6.54 Å². The molecule has 1 fully saturated rings. The average molecular weight is 472 g/mol. The SMILES string of the molecule is CCc1ccc2c(c1)C(=O)N(c1cc(-c3c(F)cc(F)cc3-c3nncn3C)cc(C3CC3)n1)C2. The molecular formula is C27H23F2N5O. The number of aromatic nitrogens is 4. The first-order valence-electron chi connectivity index (χ1n) is 11.7. The molecule has 3 heterocycles. The molecule has 0 unspecified atom stereocenters. The number of nitrogens with zero attached hydrogens (tertiary/aromatic N) is 5. The van der Waals surface area contributed by atoms with Crippen LogP contribution in [0.1, 0.15) is 52.9 Å². The summed E-state index contributed by atoms with van der Waals surface area (Å²) in [6, 6.07) is 11.7. The van der Waals surface area contributed by atoms with Gasteiger partial charge in [0, 0.05) is 41.4 Å². The van der Waals surface area contributed by atoms with E-state index in [1.54, 1.807) is 22.6 Å². The quantitative estimate of drug-likeness (QED) is 0.390. The van der Waals surface area contributed by atoms with Gasteiger partial charge in [-0.25, -0.2) is 13.8 Å². The van der Waals surface area contributed by atoms with Gasteiger partial charge in [-0.3, -0.25) is 9.69 Å². The predicted octanol–water partition coefficient (Wildman–Crippen LogP) is 5.42. The van der Waals surface area contributed by atoms with Crippen LogP contribution in [0, 0.1) is 11.6 Å². The summed E-state index contributed by atoms with van der Waals surface area (Å²) in [5, 5.41) is 7.96. The molecule has 0 bridgehead atoms. The van der Waals surface area contributed by atoms with Crippen molar-refractivity contribution >= 4 is 11.7 Å². The zero-order valence-corrected chi connectivity index (χ0v) is 19.4. The maximum absolute atomic E-state index is 15.4. The third-order valence-corrected chi connectivity index (χ3v) is 6.79. The van der Waals surface area contributed by atoms with Gasteiger partial charge >= 0.3 is 0 Å². The Morgan fingerprint density at radius 1 is 1.06 bits per heavy atom. The first kappa shape index (κ1) is 21.6. The van der Waals surface area contributed by atoms with E-state index in [0.717, 1.165) is 42.1 Å². The van der Waals surface area contributed by atoms with Crippen LogP contribution < -0.4 is 4.90 Å². The first-order valence-corrected chi connectivity index (χ1v) is 11.7. The van der Waals surface area contributed by atoms with Gasteiger partial charge in [0.2, 0.25) is 0 Å². The highest BCUT2D eigenvalue weighted by atomic mass is 19.1. The van der Waals surface area contributed by atoms with E-state index in [0.29, 0.717) is 34.9 Å². The molecule has 1 saturated carbocycles. The second kappa shape index (κ2) is 8.08. The number of benzene rings is 2. The van der Waals surface area contributed by atoms with E-state index in [1.807, 2.05) is 24.3 Å². The Morgan fingerprint density at radius 2 is 1.89 bits per heavy atom. The highest BCUT2D eigenvalue weighted by Gasteiger charge is 2.33. The molecule has 6 rings (SSSR count). The van der Waals surface area contributed by atoms with Crippen molar-refractivity contribution in [2.75, 3.05) is 4.90 Å². The number of fused-ring (bicyclic) bond motifs is 1. The van der Waals surface area contributed by atoms with Crippen molar-refractivity contribution in [3.05, 3.63) is 82.8 Å². The van der Waals surface area contributed by atoms with Gasteiger partial charge in [0.15, 0.2) is 5.82 Å². The molecule has 1 aliphatic carbocycles. The number of halogens is 2. The van der Waals surface area contributed by atoms with Crippen LogP contribution in [0.5, 0.6) is 0 Å². The summed E-state index contributed by atoms with van der Waals surface area (Å²) in [5.74, 6) is -0.432. The lowest BCUT2D eigenvalue weighted by molar-refractivity contribution is 0.0996. The first-order chi connectivity index (χ1) is 16.9. The Kier molecular flexibility index (Phi) is 4.98. The normalized spacial score (nSPS) is 15.1. The summed E-state index contributed by atoms with van der Waals surface area (Å²) in [6.07, 6.45) is 4.31.